The molecule has 88 valence electrons. The third-order valence-corrected chi connectivity index (χ3v) is 3.84. The molecule has 0 radical (unpaired) electrons. The van der Waals surface area contributed by atoms with Gasteiger partial charge in [-0.3, -0.25) is 0 Å². The van der Waals surface area contributed by atoms with E-state index in [-0.39, 0.29) is 0 Å². The first kappa shape index (κ1) is 11.4. The van der Waals surface area contributed by atoms with Gasteiger partial charge in [-0.25, -0.2) is 0 Å². The van der Waals surface area contributed by atoms with Gasteiger partial charge in [0.1, 0.15) is 0 Å². The lowest BCUT2D eigenvalue weighted by Crippen LogP contribution is -2.40. The Morgan fingerprint density at radius 1 is 1.13 bits per heavy atom. The largest absolute Gasteiger partial charge is 0.377 e. The quantitative estimate of drug-likeness (QED) is 0.774. The average molecular weight is 211 g/mol. The maximum Gasteiger partial charge on any atom is 0.0700 e. The van der Waals surface area contributed by atoms with E-state index in [0.717, 1.165) is 31.0 Å². The van der Waals surface area contributed by atoms with Crippen molar-refractivity contribution in [2.24, 2.45) is 11.8 Å². The number of hydrogen-bond donors (Lipinski definition) is 1. The fourth-order valence-corrected chi connectivity index (χ4v) is 3.22. The summed E-state index contributed by atoms with van der Waals surface area (Å²) < 4.78 is 5.64. The summed E-state index contributed by atoms with van der Waals surface area (Å²) in [6, 6.07) is 0.743. The summed E-state index contributed by atoms with van der Waals surface area (Å²) in [6.07, 6.45) is 7.14. The van der Waals surface area contributed by atoms with Crippen molar-refractivity contribution in [1.82, 2.24) is 5.32 Å². The van der Waals surface area contributed by atoms with Gasteiger partial charge < -0.3 is 10.1 Å². The van der Waals surface area contributed by atoms with Crippen LogP contribution in [-0.4, -0.2) is 25.3 Å². The van der Waals surface area contributed by atoms with Gasteiger partial charge in [-0.2, -0.15) is 0 Å². The normalized spacial score (nSPS) is 42.0. The molecule has 2 aliphatic rings. The topological polar surface area (TPSA) is 21.3 Å². The summed E-state index contributed by atoms with van der Waals surface area (Å²) in [6.45, 7) is 6.82. The third-order valence-electron chi connectivity index (χ3n) is 3.84. The molecule has 0 amide bonds. The van der Waals surface area contributed by atoms with Gasteiger partial charge >= 0.3 is 0 Å². The number of nitrogens with one attached hydrogen (secondary N) is 1. The molecule has 1 heterocycles. The Morgan fingerprint density at radius 3 is 2.47 bits per heavy atom. The minimum atomic E-state index is 0.498. The van der Waals surface area contributed by atoms with Crippen molar-refractivity contribution < 1.29 is 4.74 Å². The Morgan fingerprint density at radius 2 is 1.87 bits per heavy atom. The summed E-state index contributed by atoms with van der Waals surface area (Å²) in [5, 5.41) is 3.70. The van der Waals surface area contributed by atoms with Crippen LogP contribution in [-0.2, 0) is 4.74 Å². The zero-order chi connectivity index (χ0) is 10.7. The van der Waals surface area contributed by atoms with Gasteiger partial charge in [0.2, 0.25) is 0 Å². The highest BCUT2D eigenvalue weighted by molar-refractivity contribution is 4.81. The Labute approximate surface area is 93.8 Å². The van der Waals surface area contributed by atoms with Crippen LogP contribution in [0.3, 0.4) is 0 Å². The lowest BCUT2D eigenvalue weighted by molar-refractivity contribution is 0.102. The first-order valence-corrected chi connectivity index (χ1v) is 6.59. The molecule has 0 spiro atoms. The van der Waals surface area contributed by atoms with Gasteiger partial charge in [0.25, 0.3) is 0 Å². The highest BCUT2D eigenvalue weighted by Crippen LogP contribution is 2.28. The van der Waals surface area contributed by atoms with E-state index >= 15 is 0 Å². The van der Waals surface area contributed by atoms with E-state index in [4.69, 9.17) is 4.74 Å². The number of rotatable bonds is 3. The second kappa shape index (κ2) is 5.31. The molecular formula is C13H25NO. The second-order valence-corrected chi connectivity index (χ2v) is 5.66. The van der Waals surface area contributed by atoms with Gasteiger partial charge in [0, 0.05) is 19.2 Å². The van der Waals surface area contributed by atoms with Crippen LogP contribution in [0.1, 0.15) is 46.0 Å². The average Bonchev–Trinajstić information content (AvgIpc) is 2.65. The minimum Gasteiger partial charge on any atom is -0.377 e. The number of hydrogen-bond acceptors (Lipinski definition) is 2. The fraction of sp³-hybridized carbons (Fsp3) is 1.00. The molecular weight excluding hydrogens is 186 g/mol. The van der Waals surface area contributed by atoms with Crippen molar-refractivity contribution in [2.45, 2.75) is 58.1 Å². The van der Waals surface area contributed by atoms with Crippen LogP contribution in [0.25, 0.3) is 0 Å². The van der Waals surface area contributed by atoms with Crippen LogP contribution in [0.2, 0.25) is 0 Å². The maximum absolute atomic E-state index is 5.64. The second-order valence-electron chi connectivity index (χ2n) is 5.66. The summed E-state index contributed by atoms with van der Waals surface area (Å²) in [7, 11) is 0. The molecule has 15 heavy (non-hydrogen) atoms. The van der Waals surface area contributed by atoms with Gasteiger partial charge in [-0.1, -0.05) is 13.8 Å². The minimum absolute atomic E-state index is 0.498. The standard InChI is InChI=1S/C13H25NO/c1-10-6-11(2)8-12(7-10)14-9-13-4-3-5-15-13/h10-14H,3-9H2,1-2H3/t10-,11+,12?,13-/m1/s1. The van der Waals surface area contributed by atoms with E-state index < -0.39 is 0 Å². The summed E-state index contributed by atoms with van der Waals surface area (Å²) >= 11 is 0. The van der Waals surface area contributed by atoms with Crippen LogP contribution in [0, 0.1) is 11.8 Å². The summed E-state index contributed by atoms with van der Waals surface area (Å²) in [5.74, 6) is 1.80. The maximum atomic E-state index is 5.64. The Balaban J connectivity index is 1.69. The first-order chi connectivity index (χ1) is 7.24. The van der Waals surface area contributed by atoms with Gasteiger partial charge in [0.15, 0.2) is 0 Å². The van der Waals surface area contributed by atoms with Crippen LogP contribution in [0.15, 0.2) is 0 Å². The molecule has 0 aromatic rings. The zero-order valence-electron chi connectivity index (χ0n) is 10.2. The Bertz CT molecular complexity index is 179. The van der Waals surface area contributed by atoms with Crippen LogP contribution in [0.4, 0.5) is 0 Å². The van der Waals surface area contributed by atoms with E-state index in [0.29, 0.717) is 6.10 Å². The molecule has 1 aliphatic heterocycles. The summed E-state index contributed by atoms with van der Waals surface area (Å²) in [5.41, 5.74) is 0. The van der Waals surface area contributed by atoms with Crippen molar-refractivity contribution in [3.8, 4) is 0 Å². The fourth-order valence-electron chi connectivity index (χ4n) is 3.22. The lowest BCUT2D eigenvalue weighted by Gasteiger charge is -2.32. The molecule has 2 nitrogen and oxygen atoms in total. The predicted octanol–water partition coefficient (Wildman–Crippen LogP) is 2.58. The first-order valence-electron chi connectivity index (χ1n) is 6.59. The molecule has 2 fully saturated rings. The number of ether oxygens (including phenoxy) is 1. The molecule has 2 rings (SSSR count). The van der Waals surface area contributed by atoms with E-state index in [1.807, 2.05) is 0 Å². The van der Waals surface area contributed by atoms with E-state index in [1.54, 1.807) is 0 Å². The predicted molar refractivity (Wildman–Crippen MR) is 62.9 cm³/mol. The Hall–Kier alpha value is -0.0800. The van der Waals surface area contributed by atoms with Gasteiger partial charge in [-0.15, -0.1) is 0 Å². The monoisotopic (exact) mass is 211 g/mol. The highest BCUT2D eigenvalue weighted by atomic mass is 16.5. The SMILES string of the molecule is C[C@@H]1CC(NC[C@H]2CCCO2)C[C@H](C)C1. The van der Waals surface area contributed by atoms with Crippen LogP contribution >= 0.6 is 0 Å². The van der Waals surface area contributed by atoms with E-state index in [2.05, 4.69) is 19.2 Å². The molecule has 0 aromatic heterocycles. The zero-order valence-corrected chi connectivity index (χ0v) is 10.2. The molecule has 0 aromatic carbocycles. The van der Waals surface area contributed by atoms with Gasteiger partial charge in [0.05, 0.1) is 6.10 Å². The van der Waals surface area contributed by atoms with Gasteiger partial charge in [-0.05, 0) is 43.9 Å². The van der Waals surface area contributed by atoms with Crippen LogP contribution in [0.5, 0.6) is 0 Å². The molecule has 1 unspecified atom stereocenters. The molecule has 4 atom stereocenters. The molecule has 1 aliphatic carbocycles. The van der Waals surface area contributed by atoms with E-state index in [1.165, 1.54) is 32.1 Å². The third kappa shape index (κ3) is 3.46. The van der Waals surface area contributed by atoms with Crippen molar-refractivity contribution in [3.05, 3.63) is 0 Å². The highest BCUT2D eigenvalue weighted by Gasteiger charge is 2.24. The molecule has 0 bridgehead atoms. The molecule has 1 saturated heterocycles. The summed E-state index contributed by atoms with van der Waals surface area (Å²) in [4.78, 5) is 0. The van der Waals surface area contributed by atoms with Crippen molar-refractivity contribution in [2.75, 3.05) is 13.2 Å². The molecule has 1 N–H and O–H groups in total. The molecule has 2 heteroatoms. The molecule has 1 saturated carbocycles. The van der Waals surface area contributed by atoms with Crippen molar-refractivity contribution in [1.29, 1.82) is 0 Å². The van der Waals surface area contributed by atoms with Crippen LogP contribution < -0.4 is 5.32 Å². The Kier molecular flexibility index (Phi) is 4.04. The smallest absolute Gasteiger partial charge is 0.0700 e. The van der Waals surface area contributed by atoms with Crippen molar-refractivity contribution in [3.63, 3.8) is 0 Å². The lowest BCUT2D eigenvalue weighted by atomic mass is 9.80. The van der Waals surface area contributed by atoms with Crippen molar-refractivity contribution >= 4 is 0 Å². The van der Waals surface area contributed by atoms with E-state index in [9.17, 15) is 0 Å².